The first-order valence-corrected chi connectivity index (χ1v) is 10.6. The summed E-state index contributed by atoms with van der Waals surface area (Å²) in [5.41, 5.74) is 0.615. The van der Waals surface area contributed by atoms with Crippen LogP contribution in [0.3, 0.4) is 0 Å². The highest BCUT2D eigenvalue weighted by Crippen LogP contribution is 2.16. The molecule has 0 fully saturated rings. The van der Waals surface area contributed by atoms with Crippen molar-refractivity contribution in [2.75, 3.05) is 6.54 Å². The van der Waals surface area contributed by atoms with Crippen molar-refractivity contribution in [3.05, 3.63) is 29.8 Å². The van der Waals surface area contributed by atoms with Gasteiger partial charge in [-0.1, -0.05) is 31.9 Å². The van der Waals surface area contributed by atoms with Gasteiger partial charge in [-0.25, -0.2) is 9.59 Å². The van der Waals surface area contributed by atoms with Crippen molar-refractivity contribution >= 4 is 29.7 Å². The van der Waals surface area contributed by atoms with E-state index in [1.807, 2.05) is 6.92 Å². The van der Waals surface area contributed by atoms with Crippen LogP contribution in [0, 0.1) is 0 Å². The summed E-state index contributed by atoms with van der Waals surface area (Å²) in [5, 5.41) is 31.9. The molecule has 5 N–H and O–H groups in total. The van der Waals surface area contributed by atoms with E-state index < -0.39 is 36.0 Å². The summed E-state index contributed by atoms with van der Waals surface area (Å²) >= 11 is 0. The number of hydrogen-bond donors (Lipinski definition) is 5. The summed E-state index contributed by atoms with van der Waals surface area (Å²) in [6.07, 6.45) is 0.740. The largest absolute Gasteiger partial charge is 0.481 e. The van der Waals surface area contributed by atoms with E-state index >= 15 is 0 Å². The van der Waals surface area contributed by atoms with Crippen molar-refractivity contribution in [1.82, 2.24) is 10.6 Å². The first kappa shape index (κ1) is 27.4. The van der Waals surface area contributed by atoms with Crippen molar-refractivity contribution in [2.45, 2.75) is 64.0 Å². The van der Waals surface area contributed by atoms with Crippen LogP contribution in [-0.2, 0) is 30.4 Å². The predicted molar refractivity (Wildman–Crippen MR) is 116 cm³/mol. The lowest BCUT2D eigenvalue weighted by atomic mass is 10.0. The number of amides is 2. The molecule has 1 atom stereocenters. The molecule has 0 aromatic heterocycles. The zero-order chi connectivity index (χ0) is 24.8. The maximum Gasteiger partial charge on any atom is 0.356 e. The van der Waals surface area contributed by atoms with Crippen LogP contribution in [0.25, 0.3) is 0 Å². The van der Waals surface area contributed by atoms with E-state index in [1.54, 1.807) is 0 Å². The fourth-order valence-corrected chi connectivity index (χ4v) is 2.87. The summed E-state index contributed by atoms with van der Waals surface area (Å²) in [6, 6.07) is 4.91. The maximum absolute atomic E-state index is 12.6. The highest BCUT2D eigenvalue weighted by atomic mass is 16.5. The molecule has 0 heterocycles. The average Bonchev–Trinajstić information content (AvgIpc) is 2.74. The van der Waals surface area contributed by atoms with E-state index in [-0.39, 0.29) is 37.3 Å². The van der Waals surface area contributed by atoms with Crippen LogP contribution in [-0.4, -0.2) is 63.7 Å². The van der Waals surface area contributed by atoms with E-state index in [0.717, 1.165) is 19.3 Å². The Bertz CT molecular complexity index is 810. The minimum absolute atomic E-state index is 0.0202. The molecular weight excluding hydrogens is 436 g/mol. The van der Waals surface area contributed by atoms with E-state index in [0.29, 0.717) is 12.1 Å². The van der Waals surface area contributed by atoms with Crippen LogP contribution in [0.4, 0.5) is 0 Å². The Labute approximate surface area is 191 Å². The van der Waals surface area contributed by atoms with Gasteiger partial charge in [0.1, 0.15) is 11.8 Å². The molecule has 2 amide bonds. The third-order valence-corrected chi connectivity index (χ3v) is 4.59. The average molecular weight is 466 g/mol. The van der Waals surface area contributed by atoms with Gasteiger partial charge in [-0.15, -0.1) is 0 Å². The highest BCUT2D eigenvalue weighted by molar-refractivity contribution is 5.96. The molecule has 0 aliphatic rings. The zero-order valence-corrected chi connectivity index (χ0v) is 18.4. The van der Waals surface area contributed by atoms with Crippen LogP contribution in [0.1, 0.15) is 51.0 Å². The first-order valence-electron chi connectivity index (χ1n) is 10.6. The van der Waals surface area contributed by atoms with Crippen molar-refractivity contribution in [1.29, 1.82) is 0 Å². The molecule has 11 heteroatoms. The molecule has 0 radical (unpaired) electrons. The van der Waals surface area contributed by atoms with Gasteiger partial charge >= 0.3 is 17.9 Å². The Morgan fingerprint density at radius 1 is 0.909 bits per heavy atom. The smallest absolute Gasteiger partial charge is 0.356 e. The minimum Gasteiger partial charge on any atom is -0.481 e. The van der Waals surface area contributed by atoms with Gasteiger partial charge in [0, 0.05) is 25.8 Å². The van der Waals surface area contributed by atoms with Crippen LogP contribution in [0.15, 0.2) is 24.3 Å². The van der Waals surface area contributed by atoms with Gasteiger partial charge < -0.3 is 30.7 Å². The molecule has 1 aromatic rings. The van der Waals surface area contributed by atoms with Crippen LogP contribution in [0.5, 0.6) is 5.75 Å². The topological polar surface area (TPSA) is 179 Å². The highest BCUT2D eigenvalue weighted by Gasteiger charge is 2.28. The molecule has 0 aliphatic carbocycles. The van der Waals surface area contributed by atoms with Crippen LogP contribution >= 0.6 is 0 Å². The Balaban J connectivity index is 2.82. The number of carboxylic acids is 3. The standard InChI is InChI=1S/C22H30N2O9/c1-2-3-4-12-23-20(28)16(24-17(25)6-5-7-18(26)27)13-14-8-10-15(11-9-14)33-19(21(29)30)22(31)32/h8-11,16,19H,2-7,12-13H2,1H3,(H,23,28)(H,24,25)(H,26,27)(H,29,30)(H,31,32). The first-order chi connectivity index (χ1) is 15.6. The SMILES string of the molecule is CCCCCNC(=O)C(Cc1ccc(OC(C(=O)O)C(=O)O)cc1)NC(=O)CCCC(=O)O. The Morgan fingerprint density at radius 3 is 2.09 bits per heavy atom. The lowest BCUT2D eigenvalue weighted by Gasteiger charge is -2.19. The quantitative estimate of drug-likeness (QED) is 0.177. The van der Waals surface area contributed by atoms with Crippen LogP contribution < -0.4 is 15.4 Å². The summed E-state index contributed by atoms with van der Waals surface area (Å²) in [6.45, 7) is 2.49. The monoisotopic (exact) mass is 466 g/mol. The third-order valence-electron chi connectivity index (χ3n) is 4.59. The number of unbranched alkanes of at least 4 members (excludes halogenated alkanes) is 2. The Kier molecular flexibility index (Phi) is 12.0. The van der Waals surface area contributed by atoms with Gasteiger partial charge in [0.25, 0.3) is 6.10 Å². The second-order valence-corrected chi connectivity index (χ2v) is 7.39. The molecule has 0 saturated heterocycles. The van der Waals surface area contributed by atoms with E-state index in [1.165, 1.54) is 24.3 Å². The van der Waals surface area contributed by atoms with Gasteiger partial charge in [0.05, 0.1) is 0 Å². The molecule has 0 spiro atoms. The number of carbonyl (C=O) groups excluding carboxylic acids is 2. The molecule has 182 valence electrons. The molecule has 0 bridgehead atoms. The number of hydrogen-bond acceptors (Lipinski definition) is 6. The molecule has 0 aliphatic heterocycles. The molecule has 1 aromatic carbocycles. The molecule has 1 unspecified atom stereocenters. The molecule has 33 heavy (non-hydrogen) atoms. The van der Waals surface area contributed by atoms with Crippen LogP contribution in [0.2, 0.25) is 0 Å². The second kappa shape index (κ2) is 14.4. The number of ether oxygens (including phenoxy) is 1. The number of aliphatic carboxylic acids is 3. The Morgan fingerprint density at radius 2 is 1.55 bits per heavy atom. The number of carbonyl (C=O) groups is 5. The summed E-state index contributed by atoms with van der Waals surface area (Å²) in [7, 11) is 0. The van der Waals surface area contributed by atoms with Gasteiger partial charge in [-0.05, 0) is 30.5 Å². The lowest BCUT2D eigenvalue weighted by Crippen LogP contribution is -2.48. The fraction of sp³-hybridized carbons (Fsp3) is 0.500. The zero-order valence-electron chi connectivity index (χ0n) is 18.4. The predicted octanol–water partition coefficient (Wildman–Crippen LogP) is 1.19. The molecule has 11 nitrogen and oxygen atoms in total. The van der Waals surface area contributed by atoms with Gasteiger partial charge in [0.2, 0.25) is 11.8 Å². The number of carboxylic acid groups (broad SMARTS) is 3. The third kappa shape index (κ3) is 11.0. The number of rotatable bonds is 16. The second-order valence-electron chi connectivity index (χ2n) is 7.39. The van der Waals surface area contributed by atoms with Crippen molar-refractivity contribution in [3.63, 3.8) is 0 Å². The van der Waals surface area contributed by atoms with E-state index in [9.17, 15) is 24.0 Å². The fourth-order valence-electron chi connectivity index (χ4n) is 2.87. The number of nitrogens with one attached hydrogen (secondary N) is 2. The van der Waals surface area contributed by atoms with Crippen molar-refractivity contribution < 1.29 is 44.0 Å². The van der Waals surface area contributed by atoms with Crippen molar-refractivity contribution in [3.8, 4) is 5.75 Å². The Hall–Kier alpha value is -3.63. The molecular formula is C22H30N2O9. The van der Waals surface area contributed by atoms with Gasteiger partial charge in [-0.2, -0.15) is 0 Å². The normalized spacial score (nSPS) is 11.5. The van der Waals surface area contributed by atoms with Crippen molar-refractivity contribution in [2.24, 2.45) is 0 Å². The summed E-state index contributed by atoms with van der Waals surface area (Å²) in [4.78, 5) is 57.3. The van der Waals surface area contributed by atoms with Gasteiger partial charge in [0.15, 0.2) is 0 Å². The maximum atomic E-state index is 12.6. The minimum atomic E-state index is -2.05. The van der Waals surface area contributed by atoms with E-state index in [2.05, 4.69) is 10.6 Å². The number of benzene rings is 1. The van der Waals surface area contributed by atoms with E-state index in [4.69, 9.17) is 20.1 Å². The molecule has 0 saturated carbocycles. The molecule has 1 rings (SSSR count). The lowest BCUT2D eigenvalue weighted by molar-refractivity contribution is -0.159. The van der Waals surface area contributed by atoms with Gasteiger partial charge in [-0.3, -0.25) is 14.4 Å². The summed E-state index contributed by atoms with van der Waals surface area (Å²) < 4.78 is 4.95. The summed E-state index contributed by atoms with van der Waals surface area (Å²) in [5.74, 6) is -5.10.